The largest absolute Gasteiger partial charge is 0.303 e. The SMILES string of the molecule is CN1CCCC[C@H]1CC(=O)c1ccc(Br)cc1.Cl. The van der Waals surface area contributed by atoms with Gasteiger partial charge >= 0.3 is 0 Å². The minimum absolute atomic E-state index is 0. The van der Waals surface area contributed by atoms with Crippen LogP contribution in [0, 0.1) is 0 Å². The van der Waals surface area contributed by atoms with E-state index in [1.54, 1.807) is 0 Å². The van der Waals surface area contributed by atoms with Crippen LogP contribution in [0.1, 0.15) is 36.0 Å². The summed E-state index contributed by atoms with van der Waals surface area (Å²) in [6, 6.07) is 8.08. The maximum Gasteiger partial charge on any atom is 0.164 e. The summed E-state index contributed by atoms with van der Waals surface area (Å²) in [5, 5.41) is 0. The van der Waals surface area contributed by atoms with Gasteiger partial charge in [-0.1, -0.05) is 34.5 Å². The Kier molecular flexibility index (Phi) is 6.33. The van der Waals surface area contributed by atoms with Gasteiger partial charge in [0, 0.05) is 22.5 Å². The molecule has 1 aromatic rings. The Morgan fingerprint density at radius 2 is 2.00 bits per heavy atom. The molecule has 1 aromatic carbocycles. The van der Waals surface area contributed by atoms with Gasteiger partial charge < -0.3 is 4.90 Å². The lowest BCUT2D eigenvalue weighted by Crippen LogP contribution is -2.37. The summed E-state index contributed by atoms with van der Waals surface area (Å²) in [7, 11) is 2.12. The number of carbonyl (C=O) groups is 1. The van der Waals surface area contributed by atoms with Crippen molar-refractivity contribution in [2.75, 3.05) is 13.6 Å². The van der Waals surface area contributed by atoms with Crippen LogP contribution in [0.4, 0.5) is 0 Å². The lowest BCUT2D eigenvalue weighted by atomic mass is 9.96. The molecule has 0 spiro atoms. The quantitative estimate of drug-likeness (QED) is 0.782. The Hall–Kier alpha value is -0.380. The average molecular weight is 333 g/mol. The maximum atomic E-state index is 12.1. The van der Waals surface area contributed by atoms with Crippen LogP contribution >= 0.6 is 28.3 Å². The highest BCUT2D eigenvalue weighted by atomic mass is 79.9. The Balaban J connectivity index is 0.00000162. The third kappa shape index (κ3) is 4.08. The van der Waals surface area contributed by atoms with E-state index in [9.17, 15) is 4.79 Å². The van der Waals surface area contributed by atoms with Gasteiger partial charge in [0.05, 0.1) is 0 Å². The van der Waals surface area contributed by atoms with Crippen LogP contribution in [0.15, 0.2) is 28.7 Å². The number of carbonyl (C=O) groups excluding carboxylic acids is 1. The van der Waals surface area contributed by atoms with E-state index in [0.29, 0.717) is 12.5 Å². The number of nitrogens with zero attached hydrogens (tertiary/aromatic N) is 1. The lowest BCUT2D eigenvalue weighted by molar-refractivity contribution is 0.0906. The molecule has 2 rings (SSSR count). The van der Waals surface area contributed by atoms with Gasteiger partial charge in [-0.05, 0) is 38.6 Å². The molecule has 1 fully saturated rings. The second-order valence-corrected chi connectivity index (χ2v) is 5.68. The number of piperidine rings is 1. The van der Waals surface area contributed by atoms with Gasteiger partial charge in [0.2, 0.25) is 0 Å². The van der Waals surface area contributed by atoms with Crippen LogP contribution < -0.4 is 0 Å². The average Bonchev–Trinajstić information content (AvgIpc) is 2.33. The van der Waals surface area contributed by atoms with E-state index in [-0.39, 0.29) is 18.2 Å². The van der Waals surface area contributed by atoms with Crippen molar-refractivity contribution in [3.63, 3.8) is 0 Å². The Morgan fingerprint density at radius 1 is 1.33 bits per heavy atom. The van der Waals surface area contributed by atoms with E-state index < -0.39 is 0 Å². The number of benzene rings is 1. The number of rotatable bonds is 3. The minimum Gasteiger partial charge on any atom is -0.303 e. The Morgan fingerprint density at radius 3 is 2.61 bits per heavy atom. The molecule has 18 heavy (non-hydrogen) atoms. The van der Waals surface area contributed by atoms with Crippen LogP contribution in [0.5, 0.6) is 0 Å². The Labute approximate surface area is 123 Å². The topological polar surface area (TPSA) is 20.3 Å². The van der Waals surface area contributed by atoms with Gasteiger partial charge in [0.15, 0.2) is 5.78 Å². The minimum atomic E-state index is 0. The summed E-state index contributed by atoms with van der Waals surface area (Å²) >= 11 is 3.38. The van der Waals surface area contributed by atoms with Crippen LogP contribution in [-0.4, -0.2) is 30.3 Å². The maximum absolute atomic E-state index is 12.1. The lowest BCUT2D eigenvalue weighted by Gasteiger charge is -2.31. The Bertz CT molecular complexity index is 393. The molecule has 1 aliphatic rings. The molecule has 0 amide bonds. The number of ketones is 1. The van der Waals surface area contributed by atoms with Crippen molar-refractivity contribution in [2.24, 2.45) is 0 Å². The molecule has 0 radical (unpaired) electrons. The first-order valence-electron chi connectivity index (χ1n) is 6.16. The molecular weight excluding hydrogens is 314 g/mol. The number of likely N-dealkylation sites (tertiary alicyclic amines) is 1. The van der Waals surface area contributed by atoms with Crippen molar-refractivity contribution in [3.8, 4) is 0 Å². The molecule has 1 aliphatic heterocycles. The summed E-state index contributed by atoms with van der Waals surface area (Å²) in [6.07, 6.45) is 4.32. The molecule has 0 bridgehead atoms. The van der Waals surface area contributed by atoms with E-state index in [0.717, 1.165) is 23.0 Å². The number of Topliss-reactive ketones (excluding diaryl/α,β-unsaturated/α-hetero) is 1. The molecule has 1 atom stereocenters. The first-order valence-corrected chi connectivity index (χ1v) is 6.95. The molecular formula is C14H19BrClNO. The zero-order chi connectivity index (χ0) is 12.3. The third-order valence-corrected chi connectivity index (χ3v) is 4.04. The van der Waals surface area contributed by atoms with Crippen molar-refractivity contribution >= 4 is 34.1 Å². The fraction of sp³-hybridized carbons (Fsp3) is 0.500. The zero-order valence-corrected chi connectivity index (χ0v) is 13.0. The molecule has 4 heteroatoms. The zero-order valence-electron chi connectivity index (χ0n) is 10.6. The molecule has 2 nitrogen and oxygen atoms in total. The molecule has 0 aliphatic carbocycles. The van der Waals surface area contributed by atoms with Crippen molar-refractivity contribution in [3.05, 3.63) is 34.3 Å². The fourth-order valence-electron chi connectivity index (χ4n) is 2.37. The van der Waals surface area contributed by atoms with E-state index in [1.807, 2.05) is 24.3 Å². The van der Waals surface area contributed by atoms with Crippen molar-refractivity contribution in [1.82, 2.24) is 4.90 Å². The molecule has 0 aromatic heterocycles. The van der Waals surface area contributed by atoms with E-state index in [2.05, 4.69) is 27.9 Å². The monoisotopic (exact) mass is 331 g/mol. The summed E-state index contributed by atoms with van der Waals surface area (Å²) in [5.41, 5.74) is 0.826. The normalized spacial score (nSPS) is 20.2. The van der Waals surface area contributed by atoms with Gasteiger partial charge in [-0.3, -0.25) is 4.79 Å². The number of hydrogen-bond acceptors (Lipinski definition) is 2. The fourth-order valence-corrected chi connectivity index (χ4v) is 2.63. The molecule has 100 valence electrons. The van der Waals surface area contributed by atoms with Crippen LogP contribution in [0.25, 0.3) is 0 Å². The molecule has 1 saturated heterocycles. The van der Waals surface area contributed by atoms with Gasteiger partial charge in [-0.2, -0.15) is 0 Å². The van der Waals surface area contributed by atoms with Gasteiger partial charge in [-0.25, -0.2) is 0 Å². The summed E-state index contributed by atoms with van der Waals surface area (Å²) in [4.78, 5) is 14.4. The predicted molar refractivity (Wildman–Crippen MR) is 80.6 cm³/mol. The summed E-state index contributed by atoms with van der Waals surface area (Å²) < 4.78 is 1.02. The first-order chi connectivity index (χ1) is 8.16. The molecule has 0 saturated carbocycles. The summed E-state index contributed by atoms with van der Waals surface area (Å²) in [5.74, 6) is 0.260. The second-order valence-electron chi connectivity index (χ2n) is 4.76. The van der Waals surface area contributed by atoms with Crippen LogP contribution in [-0.2, 0) is 0 Å². The highest BCUT2D eigenvalue weighted by molar-refractivity contribution is 9.10. The second kappa shape index (κ2) is 7.27. The van der Waals surface area contributed by atoms with Crippen molar-refractivity contribution in [2.45, 2.75) is 31.7 Å². The van der Waals surface area contributed by atoms with E-state index in [4.69, 9.17) is 0 Å². The third-order valence-electron chi connectivity index (χ3n) is 3.51. The van der Waals surface area contributed by atoms with Gasteiger partial charge in [0.25, 0.3) is 0 Å². The van der Waals surface area contributed by atoms with E-state index in [1.165, 1.54) is 12.8 Å². The van der Waals surface area contributed by atoms with Crippen LogP contribution in [0.2, 0.25) is 0 Å². The number of halogens is 2. The van der Waals surface area contributed by atoms with Crippen molar-refractivity contribution < 1.29 is 4.79 Å². The van der Waals surface area contributed by atoms with Crippen LogP contribution in [0.3, 0.4) is 0 Å². The number of hydrogen-bond donors (Lipinski definition) is 0. The molecule has 1 heterocycles. The first kappa shape index (κ1) is 15.7. The summed E-state index contributed by atoms with van der Waals surface area (Å²) in [6.45, 7) is 1.12. The van der Waals surface area contributed by atoms with E-state index >= 15 is 0 Å². The molecule has 0 N–H and O–H groups in total. The van der Waals surface area contributed by atoms with Gasteiger partial charge in [0.1, 0.15) is 0 Å². The van der Waals surface area contributed by atoms with Gasteiger partial charge in [-0.15, -0.1) is 12.4 Å². The smallest absolute Gasteiger partial charge is 0.164 e. The highest BCUT2D eigenvalue weighted by Crippen LogP contribution is 2.20. The predicted octanol–water partition coefficient (Wildman–Crippen LogP) is 3.93. The van der Waals surface area contributed by atoms with Crippen molar-refractivity contribution in [1.29, 1.82) is 0 Å². The highest BCUT2D eigenvalue weighted by Gasteiger charge is 2.22. The molecule has 0 unspecified atom stereocenters. The standard InChI is InChI=1S/C14H18BrNO.ClH/c1-16-9-3-2-4-13(16)10-14(17)11-5-7-12(15)8-6-11;/h5-8,13H,2-4,9-10H2,1H3;1H/t13-;/m0./s1.